The van der Waals surface area contributed by atoms with Crippen molar-refractivity contribution < 1.29 is 0 Å². The maximum Gasteiger partial charge on any atom is 0.110 e. The summed E-state index contributed by atoms with van der Waals surface area (Å²) in [7, 11) is 1.96. The normalized spacial score (nSPS) is 14.4. The second kappa shape index (κ2) is 6.11. The monoisotopic (exact) mass is 231 g/mol. The van der Waals surface area contributed by atoms with Crippen molar-refractivity contribution >= 4 is 0 Å². The molecule has 0 radical (unpaired) electrons. The lowest BCUT2D eigenvalue weighted by Gasteiger charge is -2.23. The predicted octanol–water partition coefficient (Wildman–Crippen LogP) is 2.40. The molecule has 0 amide bonds. The van der Waals surface area contributed by atoms with Crippen molar-refractivity contribution in [2.75, 3.05) is 13.6 Å². The molecule has 0 unspecified atom stereocenters. The van der Waals surface area contributed by atoms with Gasteiger partial charge in [-0.25, -0.2) is 5.01 Å². The van der Waals surface area contributed by atoms with Gasteiger partial charge in [0.25, 0.3) is 0 Å². The molecule has 1 aromatic carbocycles. The van der Waals surface area contributed by atoms with Gasteiger partial charge in [-0.05, 0) is 13.8 Å². The Hall–Kier alpha value is -1.74. The molecule has 0 fully saturated rings. The van der Waals surface area contributed by atoms with Crippen LogP contribution in [0.2, 0.25) is 0 Å². The number of hydrogen-bond donors (Lipinski definition) is 1. The Kier molecular flexibility index (Phi) is 4.79. The van der Waals surface area contributed by atoms with Crippen LogP contribution in [0.3, 0.4) is 0 Å². The van der Waals surface area contributed by atoms with Crippen LogP contribution >= 0.6 is 0 Å². The van der Waals surface area contributed by atoms with Crippen molar-refractivity contribution in [1.29, 1.82) is 0 Å². The number of nitrogens with two attached hydrogens (primary N) is 1. The zero-order valence-electron chi connectivity index (χ0n) is 10.9. The maximum atomic E-state index is 5.43. The molecule has 3 nitrogen and oxygen atoms in total. The maximum absolute atomic E-state index is 5.43. The number of rotatable bonds is 1. The van der Waals surface area contributed by atoms with Crippen molar-refractivity contribution in [3.63, 3.8) is 0 Å². The molecule has 0 aromatic heterocycles. The molecule has 2 N–H and O–H groups in total. The third-order valence-electron chi connectivity index (χ3n) is 2.45. The van der Waals surface area contributed by atoms with Crippen LogP contribution in [0.15, 0.2) is 48.9 Å². The molecule has 0 saturated carbocycles. The molecule has 1 aliphatic heterocycles. The van der Waals surface area contributed by atoms with Crippen LogP contribution in [-0.4, -0.2) is 23.6 Å². The number of aryl methyl sites for hydroxylation is 2. The molecule has 0 aliphatic carbocycles. The van der Waals surface area contributed by atoms with E-state index in [-0.39, 0.29) is 0 Å². The van der Waals surface area contributed by atoms with E-state index in [4.69, 9.17) is 5.73 Å². The SMILES string of the molecule is C=C(N)N1C=CCN1C.Cc1cccc(C)c1. The summed E-state index contributed by atoms with van der Waals surface area (Å²) < 4.78 is 0. The Balaban J connectivity index is 0.000000171. The van der Waals surface area contributed by atoms with Gasteiger partial charge in [0.05, 0.1) is 0 Å². The largest absolute Gasteiger partial charge is 0.385 e. The molecule has 0 atom stereocenters. The zero-order chi connectivity index (χ0) is 12.8. The molecule has 1 aromatic rings. The second-order valence-corrected chi connectivity index (χ2v) is 4.22. The molecule has 17 heavy (non-hydrogen) atoms. The van der Waals surface area contributed by atoms with Crippen molar-refractivity contribution in [3.05, 3.63) is 60.1 Å². The fraction of sp³-hybridized carbons (Fsp3) is 0.286. The summed E-state index contributed by atoms with van der Waals surface area (Å²) in [6.45, 7) is 8.72. The van der Waals surface area contributed by atoms with Crippen LogP contribution in [0.5, 0.6) is 0 Å². The minimum Gasteiger partial charge on any atom is -0.385 e. The van der Waals surface area contributed by atoms with E-state index in [2.05, 4.69) is 44.7 Å². The van der Waals surface area contributed by atoms with Gasteiger partial charge >= 0.3 is 0 Å². The summed E-state index contributed by atoms with van der Waals surface area (Å²) in [6, 6.07) is 8.45. The molecule has 1 heterocycles. The Labute approximate surface area is 104 Å². The van der Waals surface area contributed by atoms with Gasteiger partial charge in [0, 0.05) is 19.8 Å². The minimum atomic E-state index is 0.561. The molecule has 1 aliphatic rings. The smallest absolute Gasteiger partial charge is 0.110 e. The average molecular weight is 231 g/mol. The molecule has 92 valence electrons. The fourth-order valence-electron chi connectivity index (χ4n) is 1.62. The number of benzene rings is 1. The van der Waals surface area contributed by atoms with E-state index >= 15 is 0 Å². The van der Waals surface area contributed by atoms with E-state index < -0.39 is 0 Å². The lowest BCUT2D eigenvalue weighted by atomic mass is 10.2. The van der Waals surface area contributed by atoms with E-state index in [1.807, 2.05) is 24.3 Å². The van der Waals surface area contributed by atoms with E-state index in [0.717, 1.165) is 6.54 Å². The third kappa shape index (κ3) is 4.33. The first-order valence-corrected chi connectivity index (χ1v) is 5.65. The summed E-state index contributed by atoms with van der Waals surface area (Å²) in [6.07, 6.45) is 3.93. The number of hydrogen-bond acceptors (Lipinski definition) is 3. The highest BCUT2D eigenvalue weighted by Crippen LogP contribution is 2.06. The number of likely N-dealkylation sites (N-methyl/N-ethyl adjacent to an activating group) is 1. The summed E-state index contributed by atoms with van der Waals surface area (Å²) in [5, 5.41) is 3.78. The van der Waals surface area contributed by atoms with Gasteiger partial charge in [-0.15, -0.1) is 0 Å². The van der Waals surface area contributed by atoms with Crippen LogP contribution in [0.1, 0.15) is 11.1 Å². The van der Waals surface area contributed by atoms with E-state index in [9.17, 15) is 0 Å². The van der Waals surface area contributed by atoms with Gasteiger partial charge in [-0.2, -0.15) is 0 Å². The molecular formula is C14H21N3. The Morgan fingerprint density at radius 2 is 1.88 bits per heavy atom. The van der Waals surface area contributed by atoms with Crippen LogP contribution in [0.4, 0.5) is 0 Å². The standard InChI is InChI=1S/C8H10.C6H11N3/c1-7-4-3-5-8(2)6-7;1-6(7)9-5-3-4-8(9)2/h3-6H,1-2H3;3,5H,1,4,7H2,2H3. The fourth-order valence-corrected chi connectivity index (χ4v) is 1.62. The Morgan fingerprint density at radius 3 is 2.12 bits per heavy atom. The van der Waals surface area contributed by atoms with E-state index in [0.29, 0.717) is 5.82 Å². The summed E-state index contributed by atoms with van der Waals surface area (Å²) in [5.74, 6) is 0.561. The average Bonchev–Trinajstić information content (AvgIpc) is 2.65. The Morgan fingerprint density at radius 1 is 1.29 bits per heavy atom. The van der Waals surface area contributed by atoms with Crippen molar-refractivity contribution in [2.45, 2.75) is 13.8 Å². The molecule has 2 rings (SSSR count). The minimum absolute atomic E-state index is 0.561. The third-order valence-corrected chi connectivity index (χ3v) is 2.45. The van der Waals surface area contributed by atoms with Gasteiger partial charge < -0.3 is 5.73 Å². The molecule has 3 heteroatoms. The highest BCUT2D eigenvalue weighted by atomic mass is 15.6. The van der Waals surface area contributed by atoms with Gasteiger partial charge in [0.15, 0.2) is 0 Å². The molecule has 0 saturated heterocycles. The summed E-state index contributed by atoms with van der Waals surface area (Å²) in [5.41, 5.74) is 8.10. The summed E-state index contributed by atoms with van der Waals surface area (Å²) >= 11 is 0. The van der Waals surface area contributed by atoms with Crippen LogP contribution < -0.4 is 5.73 Å². The first-order valence-electron chi connectivity index (χ1n) is 5.65. The molecule has 0 spiro atoms. The summed E-state index contributed by atoms with van der Waals surface area (Å²) in [4.78, 5) is 0. The Bertz CT molecular complexity index is 392. The zero-order valence-corrected chi connectivity index (χ0v) is 10.9. The first kappa shape index (κ1) is 13.3. The van der Waals surface area contributed by atoms with Crippen molar-refractivity contribution in [2.24, 2.45) is 5.73 Å². The van der Waals surface area contributed by atoms with Crippen LogP contribution in [-0.2, 0) is 0 Å². The van der Waals surface area contributed by atoms with Gasteiger partial charge in [0.1, 0.15) is 5.82 Å². The van der Waals surface area contributed by atoms with E-state index in [1.165, 1.54) is 11.1 Å². The van der Waals surface area contributed by atoms with Crippen LogP contribution in [0, 0.1) is 13.8 Å². The lowest BCUT2D eigenvalue weighted by Crippen LogP contribution is -2.33. The number of hydrazine groups is 1. The van der Waals surface area contributed by atoms with E-state index in [1.54, 1.807) is 5.01 Å². The lowest BCUT2D eigenvalue weighted by molar-refractivity contribution is 0.124. The quantitative estimate of drug-likeness (QED) is 0.805. The van der Waals surface area contributed by atoms with Gasteiger partial charge in [-0.3, -0.25) is 5.01 Å². The van der Waals surface area contributed by atoms with Gasteiger partial charge in [0.2, 0.25) is 0 Å². The van der Waals surface area contributed by atoms with Crippen LogP contribution in [0.25, 0.3) is 0 Å². The molecule has 0 bridgehead atoms. The predicted molar refractivity (Wildman–Crippen MR) is 72.9 cm³/mol. The highest BCUT2D eigenvalue weighted by Gasteiger charge is 2.10. The topological polar surface area (TPSA) is 32.5 Å². The highest BCUT2D eigenvalue weighted by molar-refractivity contribution is 5.20. The van der Waals surface area contributed by atoms with Crippen molar-refractivity contribution in [1.82, 2.24) is 10.0 Å². The molecular weight excluding hydrogens is 210 g/mol. The van der Waals surface area contributed by atoms with Gasteiger partial charge in [-0.1, -0.05) is 48.0 Å². The number of nitrogens with zero attached hydrogens (tertiary/aromatic N) is 2. The van der Waals surface area contributed by atoms with Crippen molar-refractivity contribution in [3.8, 4) is 0 Å². The second-order valence-electron chi connectivity index (χ2n) is 4.22. The first-order chi connectivity index (χ1) is 8.00.